The zero-order chi connectivity index (χ0) is 75.6. The Morgan fingerprint density at radius 3 is 0.738 bits per heavy atom. The van der Waals surface area contributed by atoms with Gasteiger partial charge >= 0.3 is 39.5 Å². The zero-order valence-corrected chi connectivity index (χ0v) is 69.4. The third-order valence-electron chi connectivity index (χ3n) is 20.1. The first kappa shape index (κ1) is 101. The van der Waals surface area contributed by atoms with E-state index in [4.69, 9.17) is 37.0 Å². The molecule has 6 atom stereocenters. The summed E-state index contributed by atoms with van der Waals surface area (Å²) in [7, 11) is -9.92. The van der Waals surface area contributed by atoms with Crippen LogP contribution >= 0.6 is 15.6 Å². The van der Waals surface area contributed by atoms with Crippen molar-refractivity contribution in [3.05, 3.63) is 0 Å². The smallest absolute Gasteiger partial charge is 0.462 e. The number of ether oxygens (including phenoxy) is 4. The lowest BCUT2D eigenvalue weighted by atomic mass is 9.99. The Hall–Kier alpha value is -1.94. The highest BCUT2D eigenvalue weighted by Gasteiger charge is 2.30. The Morgan fingerprint density at radius 2 is 0.495 bits per heavy atom. The van der Waals surface area contributed by atoms with E-state index < -0.39 is 97.5 Å². The maximum atomic E-state index is 13.1. The molecule has 0 aliphatic carbocycles. The van der Waals surface area contributed by atoms with Gasteiger partial charge in [-0.15, -0.1) is 0 Å². The number of carbonyl (C=O) groups excluding carboxylic acids is 4. The van der Waals surface area contributed by atoms with Crippen LogP contribution in [0.1, 0.15) is 446 Å². The van der Waals surface area contributed by atoms with E-state index in [0.29, 0.717) is 31.6 Å². The molecule has 3 N–H and O–H groups in total. The SMILES string of the molecule is CCCCCCCCCCCCCCCCCCCCCCCC(=O)O[C@H](COC(=O)CCCCCCCCCCCCCCCCCCCC)COP(=O)(O)OC[C@@H](O)COP(=O)(O)OC[C@@H](COC(=O)CCCCCCCCCC(C)C)OC(=O)CCCCCCCCCCCCC(C)CC. The summed E-state index contributed by atoms with van der Waals surface area (Å²) in [6, 6.07) is 0. The number of aliphatic hydroxyl groups excluding tert-OH is 1. The van der Waals surface area contributed by atoms with Gasteiger partial charge in [0.25, 0.3) is 0 Å². The van der Waals surface area contributed by atoms with Crippen molar-refractivity contribution in [1.29, 1.82) is 0 Å². The van der Waals surface area contributed by atoms with Crippen LogP contribution in [0.5, 0.6) is 0 Å². The summed E-state index contributed by atoms with van der Waals surface area (Å²) in [5.41, 5.74) is 0. The largest absolute Gasteiger partial charge is 0.472 e. The Kier molecular flexibility index (Phi) is 74.1. The second kappa shape index (κ2) is 75.5. The highest BCUT2D eigenvalue weighted by Crippen LogP contribution is 2.45. The second-order valence-corrected chi connectivity index (χ2v) is 33.8. The summed E-state index contributed by atoms with van der Waals surface area (Å²) in [5, 5.41) is 10.7. The van der Waals surface area contributed by atoms with Crippen molar-refractivity contribution < 1.29 is 80.2 Å². The summed E-state index contributed by atoms with van der Waals surface area (Å²) in [4.78, 5) is 73.1. The molecule has 103 heavy (non-hydrogen) atoms. The van der Waals surface area contributed by atoms with E-state index in [0.717, 1.165) is 102 Å². The van der Waals surface area contributed by atoms with Gasteiger partial charge in [-0.2, -0.15) is 0 Å². The highest BCUT2D eigenvalue weighted by molar-refractivity contribution is 7.47. The molecule has 19 heteroatoms. The summed E-state index contributed by atoms with van der Waals surface area (Å²) in [6.07, 6.45) is 66.8. The highest BCUT2D eigenvalue weighted by atomic mass is 31.2. The quantitative estimate of drug-likeness (QED) is 0.0222. The molecule has 3 unspecified atom stereocenters. The molecular weight excluding hydrogens is 1340 g/mol. The summed E-state index contributed by atoms with van der Waals surface area (Å²) < 4.78 is 68.8. The van der Waals surface area contributed by atoms with Gasteiger partial charge in [-0.25, -0.2) is 9.13 Å². The number of phosphoric ester groups is 2. The van der Waals surface area contributed by atoms with Gasteiger partial charge in [-0.05, 0) is 37.5 Å². The fourth-order valence-corrected chi connectivity index (χ4v) is 14.6. The molecule has 0 aliphatic rings. The number of phosphoric acid groups is 2. The Bertz CT molecular complexity index is 1980. The van der Waals surface area contributed by atoms with Crippen molar-refractivity contribution in [2.75, 3.05) is 39.6 Å². The fourth-order valence-electron chi connectivity index (χ4n) is 13.0. The number of hydrogen-bond acceptors (Lipinski definition) is 15. The van der Waals surface area contributed by atoms with Gasteiger partial charge in [0.2, 0.25) is 0 Å². The lowest BCUT2D eigenvalue weighted by Gasteiger charge is -2.21. The number of hydrogen-bond donors (Lipinski definition) is 3. The van der Waals surface area contributed by atoms with E-state index in [2.05, 4.69) is 41.5 Å². The molecule has 0 saturated carbocycles. The lowest BCUT2D eigenvalue weighted by Crippen LogP contribution is -2.30. The van der Waals surface area contributed by atoms with Crippen molar-refractivity contribution in [3.63, 3.8) is 0 Å². The third kappa shape index (κ3) is 76.6. The van der Waals surface area contributed by atoms with Gasteiger partial charge in [0.05, 0.1) is 26.4 Å². The van der Waals surface area contributed by atoms with Crippen molar-refractivity contribution in [1.82, 2.24) is 0 Å². The molecule has 0 amide bonds. The van der Waals surface area contributed by atoms with Crippen LogP contribution in [-0.4, -0.2) is 96.7 Å². The molecule has 0 aromatic heterocycles. The van der Waals surface area contributed by atoms with E-state index in [1.165, 1.54) is 257 Å². The van der Waals surface area contributed by atoms with Gasteiger partial charge in [0, 0.05) is 25.7 Å². The monoisotopic (exact) mass is 1510 g/mol. The van der Waals surface area contributed by atoms with Crippen LogP contribution < -0.4 is 0 Å². The molecule has 0 saturated heterocycles. The van der Waals surface area contributed by atoms with Gasteiger partial charge in [0.15, 0.2) is 12.2 Å². The zero-order valence-electron chi connectivity index (χ0n) is 67.6. The van der Waals surface area contributed by atoms with E-state index in [9.17, 15) is 43.2 Å². The number of esters is 4. The summed E-state index contributed by atoms with van der Waals surface area (Å²) in [5.74, 6) is -0.599. The van der Waals surface area contributed by atoms with E-state index in [-0.39, 0.29) is 25.7 Å². The van der Waals surface area contributed by atoms with Crippen molar-refractivity contribution >= 4 is 39.5 Å². The first-order chi connectivity index (χ1) is 49.9. The average Bonchev–Trinajstić information content (AvgIpc) is 0.951. The van der Waals surface area contributed by atoms with E-state index >= 15 is 0 Å². The van der Waals surface area contributed by atoms with Gasteiger partial charge in [0.1, 0.15) is 19.3 Å². The van der Waals surface area contributed by atoms with Crippen molar-refractivity contribution in [2.45, 2.75) is 464 Å². The molecule has 612 valence electrons. The van der Waals surface area contributed by atoms with E-state index in [1.807, 2.05) is 0 Å². The van der Waals surface area contributed by atoms with Crippen LogP contribution in [0.3, 0.4) is 0 Å². The Labute approximate surface area is 632 Å². The van der Waals surface area contributed by atoms with Crippen LogP contribution in [-0.2, 0) is 65.4 Å². The molecule has 0 fully saturated rings. The molecule has 0 spiro atoms. The van der Waals surface area contributed by atoms with Crippen LogP contribution in [0, 0.1) is 11.8 Å². The topological polar surface area (TPSA) is 237 Å². The second-order valence-electron chi connectivity index (χ2n) is 30.9. The van der Waals surface area contributed by atoms with Crippen LogP contribution in [0.2, 0.25) is 0 Å². The molecule has 0 radical (unpaired) electrons. The summed E-state index contributed by atoms with van der Waals surface area (Å²) in [6.45, 7) is 9.62. The molecule has 0 bridgehead atoms. The molecule has 0 aromatic carbocycles. The maximum Gasteiger partial charge on any atom is 0.472 e. The molecule has 0 heterocycles. The first-order valence-electron chi connectivity index (χ1n) is 43.5. The number of carbonyl (C=O) groups is 4. The lowest BCUT2D eigenvalue weighted by molar-refractivity contribution is -0.161. The minimum Gasteiger partial charge on any atom is -0.462 e. The minimum absolute atomic E-state index is 0.106. The van der Waals surface area contributed by atoms with Gasteiger partial charge in [-0.1, -0.05) is 395 Å². The van der Waals surface area contributed by atoms with Crippen molar-refractivity contribution in [3.8, 4) is 0 Å². The molecule has 17 nitrogen and oxygen atoms in total. The summed E-state index contributed by atoms with van der Waals surface area (Å²) >= 11 is 0. The standard InChI is InChI=1S/C84H164O17P2/c1-7-10-12-14-16-18-20-22-24-26-28-29-30-32-34-36-38-43-49-56-62-68-83(88)100-79(72-94-81(86)66-60-54-48-42-37-35-33-31-27-25-23-21-19-17-15-13-11-8-2)74-98-102(90,91)96-70-78(85)71-97-103(92,93)99-75-80(73-95-82(87)67-61-55-51-45-46-52-58-64-76(4)5)101-84(89)69-63-57-50-44-40-39-41-47-53-59-65-77(6)9-3/h76-80,85H,7-75H2,1-6H3,(H,90,91)(H,92,93)/t77?,78-,79-,80-/m1/s1. The average molecular weight is 1510 g/mol. The fraction of sp³-hybridized carbons (Fsp3) is 0.952. The molecule has 0 aromatic rings. The van der Waals surface area contributed by atoms with Crippen LogP contribution in [0.4, 0.5) is 0 Å². The first-order valence-corrected chi connectivity index (χ1v) is 46.5. The predicted octanol–water partition coefficient (Wildman–Crippen LogP) is 25.5. The van der Waals surface area contributed by atoms with Gasteiger partial charge < -0.3 is 33.8 Å². The van der Waals surface area contributed by atoms with Crippen LogP contribution in [0.25, 0.3) is 0 Å². The number of aliphatic hydroxyl groups is 1. The maximum absolute atomic E-state index is 13.1. The normalized spacial score (nSPS) is 14.1. The van der Waals surface area contributed by atoms with Gasteiger partial charge in [-0.3, -0.25) is 37.3 Å². The minimum atomic E-state index is -4.96. The number of rotatable bonds is 83. The molecular formula is C84H164O17P2. The predicted molar refractivity (Wildman–Crippen MR) is 423 cm³/mol. The Morgan fingerprint density at radius 1 is 0.282 bits per heavy atom. The molecule has 0 aliphatic heterocycles. The number of unbranched alkanes of at least 4 members (excludes halogenated alkanes) is 52. The Balaban J connectivity index is 5.22. The van der Waals surface area contributed by atoms with E-state index in [1.54, 1.807) is 0 Å². The van der Waals surface area contributed by atoms with Crippen LogP contribution in [0.15, 0.2) is 0 Å². The third-order valence-corrected chi connectivity index (χ3v) is 22.0. The molecule has 0 rings (SSSR count). The van der Waals surface area contributed by atoms with Crippen molar-refractivity contribution in [2.24, 2.45) is 11.8 Å².